The molecule has 0 radical (unpaired) electrons. The van der Waals surface area contributed by atoms with Crippen molar-refractivity contribution < 1.29 is 4.74 Å². The average Bonchev–Trinajstić information content (AvgIpc) is 2.79. The molecule has 0 bridgehead atoms. The minimum absolute atomic E-state index is 0.0723. The van der Waals surface area contributed by atoms with Gasteiger partial charge in [-0.1, -0.05) is 37.3 Å². The maximum atomic E-state index is 6.59. The van der Waals surface area contributed by atoms with E-state index >= 15 is 0 Å². The maximum absolute atomic E-state index is 6.59. The summed E-state index contributed by atoms with van der Waals surface area (Å²) in [4.78, 5) is 0. The van der Waals surface area contributed by atoms with E-state index in [1.54, 1.807) is 7.11 Å². The van der Waals surface area contributed by atoms with E-state index in [1.165, 1.54) is 68.1 Å². The van der Waals surface area contributed by atoms with Crippen LogP contribution in [0.3, 0.4) is 0 Å². The summed E-state index contributed by atoms with van der Waals surface area (Å²) < 4.78 is 5.78. The molecule has 2 aliphatic carbocycles. The highest BCUT2D eigenvalue weighted by Gasteiger charge is 2.38. The number of methoxy groups -OCH3 is 1. The summed E-state index contributed by atoms with van der Waals surface area (Å²) in [6, 6.07) is 2.15. The van der Waals surface area contributed by atoms with Crippen LogP contribution in [0.1, 0.15) is 68.1 Å². The summed E-state index contributed by atoms with van der Waals surface area (Å²) in [5.41, 5.74) is 10.7. The molecule has 122 valence electrons. The fourth-order valence-corrected chi connectivity index (χ4v) is 4.87. The largest absolute Gasteiger partial charge is 0.495 e. The van der Waals surface area contributed by atoms with Gasteiger partial charge in [-0.05, 0) is 55.7 Å². The topological polar surface area (TPSA) is 35.2 Å². The molecule has 0 saturated heterocycles. The average molecular weight is 322 g/mol. The monoisotopic (exact) mass is 321 g/mol. The van der Waals surface area contributed by atoms with E-state index in [4.69, 9.17) is 22.1 Å². The van der Waals surface area contributed by atoms with Crippen molar-refractivity contribution in [2.45, 2.75) is 69.6 Å². The van der Waals surface area contributed by atoms with Crippen LogP contribution >= 0.6 is 11.6 Å². The number of benzene rings is 1. The Kier molecular flexibility index (Phi) is 4.99. The fraction of sp³-hybridized carbons (Fsp3) is 0.684. The SMILES string of the molecule is COc1c(Cl)cc2c(c1C1(CN)CCCCC1)CCCCC2. The van der Waals surface area contributed by atoms with Gasteiger partial charge in [0.1, 0.15) is 5.75 Å². The molecular weight excluding hydrogens is 294 g/mol. The van der Waals surface area contributed by atoms with Crippen LogP contribution in [-0.2, 0) is 18.3 Å². The maximum Gasteiger partial charge on any atom is 0.141 e. The molecule has 1 saturated carbocycles. The Morgan fingerprint density at radius 1 is 1.09 bits per heavy atom. The molecule has 3 heteroatoms. The Hall–Kier alpha value is -0.730. The standard InChI is InChI=1S/C19H28ClNO/c1-22-18-16(20)12-14-8-4-2-5-9-15(14)17(18)19(13-21)10-6-3-7-11-19/h12H,2-11,13,21H2,1H3. The van der Waals surface area contributed by atoms with Crippen molar-refractivity contribution in [2.75, 3.05) is 13.7 Å². The molecule has 22 heavy (non-hydrogen) atoms. The molecule has 0 heterocycles. The summed E-state index contributed by atoms with van der Waals surface area (Å²) in [5.74, 6) is 0.898. The number of hydrogen-bond acceptors (Lipinski definition) is 2. The van der Waals surface area contributed by atoms with Crippen LogP contribution in [0.2, 0.25) is 5.02 Å². The highest BCUT2D eigenvalue weighted by molar-refractivity contribution is 6.32. The van der Waals surface area contributed by atoms with Crippen LogP contribution in [0.4, 0.5) is 0 Å². The third-order valence-corrected chi connectivity index (χ3v) is 6.02. The molecule has 0 unspecified atom stereocenters. The molecule has 0 amide bonds. The lowest BCUT2D eigenvalue weighted by Crippen LogP contribution is -2.38. The summed E-state index contributed by atoms with van der Waals surface area (Å²) in [6.07, 6.45) is 12.3. The van der Waals surface area contributed by atoms with E-state index in [0.717, 1.165) is 23.6 Å². The molecule has 2 N–H and O–H groups in total. The van der Waals surface area contributed by atoms with Crippen LogP contribution < -0.4 is 10.5 Å². The Morgan fingerprint density at radius 2 is 1.77 bits per heavy atom. The van der Waals surface area contributed by atoms with Crippen molar-refractivity contribution in [1.82, 2.24) is 0 Å². The van der Waals surface area contributed by atoms with Crippen LogP contribution in [0.5, 0.6) is 5.75 Å². The van der Waals surface area contributed by atoms with Gasteiger partial charge in [-0.3, -0.25) is 0 Å². The van der Waals surface area contributed by atoms with Crippen LogP contribution in [0.25, 0.3) is 0 Å². The van der Waals surface area contributed by atoms with Gasteiger partial charge in [0.25, 0.3) is 0 Å². The van der Waals surface area contributed by atoms with Crippen molar-refractivity contribution in [1.29, 1.82) is 0 Å². The predicted octanol–water partition coefficient (Wildman–Crippen LogP) is 4.78. The minimum Gasteiger partial charge on any atom is -0.495 e. The Bertz CT molecular complexity index is 535. The van der Waals surface area contributed by atoms with Gasteiger partial charge in [-0.15, -0.1) is 0 Å². The molecule has 0 aliphatic heterocycles. The Morgan fingerprint density at radius 3 is 2.45 bits per heavy atom. The van der Waals surface area contributed by atoms with Crippen LogP contribution in [0.15, 0.2) is 6.07 Å². The third-order valence-electron chi connectivity index (χ3n) is 5.74. The zero-order chi connectivity index (χ0) is 15.6. The Balaban J connectivity index is 2.20. The number of fused-ring (bicyclic) bond motifs is 1. The first-order chi connectivity index (χ1) is 10.7. The van der Waals surface area contributed by atoms with Crippen molar-refractivity contribution in [3.05, 3.63) is 27.8 Å². The molecular formula is C19H28ClNO. The Labute approximate surface area is 139 Å². The van der Waals surface area contributed by atoms with Gasteiger partial charge in [0.15, 0.2) is 0 Å². The zero-order valence-electron chi connectivity index (χ0n) is 13.7. The molecule has 1 fully saturated rings. The number of ether oxygens (including phenoxy) is 1. The van der Waals surface area contributed by atoms with Crippen molar-refractivity contribution in [2.24, 2.45) is 5.73 Å². The number of rotatable bonds is 3. The van der Waals surface area contributed by atoms with Gasteiger partial charge in [0, 0.05) is 17.5 Å². The van der Waals surface area contributed by atoms with Crippen LogP contribution in [-0.4, -0.2) is 13.7 Å². The highest BCUT2D eigenvalue weighted by atomic mass is 35.5. The predicted molar refractivity (Wildman–Crippen MR) is 93.1 cm³/mol. The lowest BCUT2D eigenvalue weighted by molar-refractivity contribution is 0.285. The molecule has 3 rings (SSSR count). The molecule has 0 spiro atoms. The van der Waals surface area contributed by atoms with Crippen molar-refractivity contribution in [3.63, 3.8) is 0 Å². The van der Waals surface area contributed by atoms with Gasteiger partial charge in [0.2, 0.25) is 0 Å². The first-order valence-corrected chi connectivity index (χ1v) is 9.18. The second-order valence-corrected chi connectivity index (χ2v) is 7.42. The van der Waals surface area contributed by atoms with E-state index in [0.29, 0.717) is 6.54 Å². The lowest BCUT2D eigenvalue weighted by Gasteiger charge is -2.40. The number of halogens is 1. The van der Waals surface area contributed by atoms with Gasteiger partial charge < -0.3 is 10.5 Å². The van der Waals surface area contributed by atoms with E-state index in [9.17, 15) is 0 Å². The molecule has 1 aromatic carbocycles. The number of aryl methyl sites for hydroxylation is 1. The molecule has 0 aromatic heterocycles. The minimum atomic E-state index is 0.0723. The molecule has 2 aliphatic rings. The quantitative estimate of drug-likeness (QED) is 0.813. The second kappa shape index (κ2) is 6.80. The third kappa shape index (κ3) is 2.76. The normalized spacial score (nSPS) is 21.0. The van der Waals surface area contributed by atoms with E-state index in [2.05, 4.69) is 6.07 Å². The number of hydrogen-bond donors (Lipinski definition) is 1. The van der Waals surface area contributed by atoms with Crippen molar-refractivity contribution in [3.8, 4) is 5.75 Å². The van der Waals surface area contributed by atoms with Crippen LogP contribution in [0, 0.1) is 0 Å². The van der Waals surface area contributed by atoms with Gasteiger partial charge >= 0.3 is 0 Å². The molecule has 0 atom stereocenters. The summed E-state index contributed by atoms with van der Waals surface area (Å²) in [6.45, 7) is 0.705. The van der Waals surface area contributed by atoms with Crippen molar-refractivity contribution >= 4 is 11.6 Å². The molecule has 1 aromatic rings. The second-order valence-electron chi connectivity index (χ2n) is 7.01. The number of nitrogens with two attached hydrogens (primary N) is 1. The lowest BCUT2D eigenvalue weighted by atomic mass is 9.67. The van der Waals surface area contributed by atoms with Gasteiger partial charge in [-0.25, -0.2) is 0 Å². The highest BCUT2D eigenvalue weighted by Crippen LogP contribution is 2.48. The molecule has 2 nitrogen and oxygen atoms in total. The van der Waals surface area contributed by atoms with E-state index < -0.39 is 0 Å². The smallest absolute Gasteiger partial charge is 0.141 e. The first kappa shape index (κ1) is 16.1. The summed E-state index contributed by atoms with van der Waals surface area (Å²) in [5, 5.41) is 0.775. The van der Waals surface area contributed by atoms with E-state index in [-0.39, 0.29) is 5.41 Å². The summed E-state index contributed by atoms with van der Waals surface area (Å²) in [7, 11) is 1.75. The van der Waals surface area contributed by atoms with E-state index in [1.807, 2.05) is 0 Å². The van der Waals surface area contributed by atoms with Gasteiger partial charge in [0.05, 0.1) is 12.1 Å². The fourth-order valence-electron chi connectivity index (χ4n) is 4.57. The zero-order valence-corrected chi connectivity index (χ0v) is 14.5. The van der Waals surface area contributed by atoms with Gasteiger partial charge in [-0.2, -0.15) is 0 Å². The summed E-state index contributed by atoms with van der Waals surface area (Å²) >= 11 is 6.59. The first-order valence-electron chi connectivity index (χ1n) is 8.80.